The highest BCUT2D eigenvalue weighted by Gasteiger charge is 2.23. The Labute approximate surface area is 168 Å². The van der Waals surface area contributed by atoms with Crippen LogP contribution in [0, 0.1) is 5.82 Å². The van der Waals surface area contributed by atoms with E-state index >= 15 is 0 Å². The number of amides is 1. The lowest BCUT2D eigenvalue weighted by Gasteiger charge is -2.22. The van der Waals surface area contributed by atoms with E-state index in [1.54, 1.807) is 34.9 Å². The predicted octanol–water partition coefficient (Wildman–Crippen LogP) is 2.73. The summed E-state index contributed by atoms with van der Waals surface area (Å²) >= 11 is 0. The summed E-state index contributed by atoms with van der Waals surface area (Å²) < 4.78 is 14.7. The smallest absolute Gasteiger partial charge is 0.326 e. The van der Waals surface area contributed by atoms with Crippen LogP contribution >= 0.6 is 0 Å². The molecule has 1 amide bonds. The molecule has 0 bridgehead atoms. The Hall–Kier alpha value is -2.93. The van der Waals surface area contributed by atoms with Crippen LogP contribution in [-0.4, -0.2) is 46.0 Å². The van der Waals surface area contributed by atoms with Crippen molar-refractivity contribution in [1.82, 2.24) is 19.8 Å². The van der Waals surface area contributed by atoms with Gasteiger partial charge in [-0.05, 0) is 61.8 Å². The van der Waals surface area contributed by atoms with Crippen LogP contribution in [-0.2, 0) is 6.54 Å². The van der Waals surface area contributed by atoms with Gasteiger partial charge in [0.2, 0.25) is 0 Å². The number of H-pyrrole nitrogens is 1. The van der Waals surface area contributed by atoms with Crippen molar-refractivity contribution in [2.75, 3.05) is 19.6 Å². The quantitative estimate of drug-likeness (QED) is 0.673. The minimum Gasteiger partial charge on any atom is -0.350 e. The van der Waals surface area contributed by atoms with Crippen LogP contribution in [0.3, 0.4) is 0 Å². The molecule has 6 nitrogen and oxygen atoms in total. The molecular formula is C22H25FN4O2. The van der Waals surface area contributed by atoms with Gasteiger partial charge in [-0.3, -0.25) is 14.3 Å². The molecule has 3 aromatic rings. The number of aromatic nitrogens is 2. The first-order chi connectivity index (χ1) is 14.0. The van der Waals surface area contributed by atoms with Gasteiger partial charge in [0.25, 0.3) is 5.91 Å². The predicted molar refractivity (Wildman–Crippen MR) is 111 cm³/mol. The number of aromatic amines is 1. The molecule has 2 heterocycles. The number of hydrogen-bond donors (Lipinski definition) is 2. The molecule has 1 fully saturated rings. The van der Waals surface area contributed by atoms with Crippen molar-refractivity contribution in [3.05, 3.63) is 69.9 Å². The van der Waals surface area contributed by atoms with Crippen LogP contribution in [0.1, 0.15) is 35.7 Å². The van der Waals surface area contributed by atoms with Gasteiger partial charge in [-0.1, -0.05) is 19.1 Å². The highest BCUT2D eigenvalue weighted by atomic mass is 19.1. The second kappa shape index (κ2) is 8.21. The largest absolute Gasteiger partial charge is 0.350 e. The Balaban J connectivity index is 1.50. The lowest BCUT2D eigenvalue weighted by atomic mass is 10.1. The van der Waals surface area contributed by atoms with Crippen LogP contribution in [0.4, 0.5) is 4.39 Å². The Morgan fingerprint density at radius 2 is 2.03 bits per heavy atom. The summed E-state index contributed by atoms with van der Waals surface area (Å²) in [5.74, 6) is -0.447. The van der Waals surface area contributed by atoms with Crippen LogP contribution < -0.4 is 11.0 Å². The third-order valence-corrected chi connectivity index (χ3v) is 5.69. The average molecular weight is 396 g/mol. The number of likely N-dealkylation sites (tertiary alicyclic amines) is 1. The van der Waals surface area contributed by atoms with Gasteiger partial charge in [0.05, 0.1) is 17.6 Å². The molecule has 29 heavy (non-hydrogen) atoms. The third-order valence-electron chi connectivity index (χ3n) is 5.69. The van der Waals surface area contributed by atoms with Crippen molar-refractivity contribution in [3.63, 3.8) is 0 Å². The van der Waals surface area contributed by atoms with Gasteiger partial charge in [-0.25, -0.2) is 9.18 Å². The number of rotatable bonds is 6. The van der Waals surface area contributed by atoms with E-state index < -0.39 is 0 Å². The molecule has 7 heteroatoms. The first-order valence-electron chi connectivity index (χ1n) is 10.0. The molecule has 4 rings (SSSR count). The highest BCUT2D eigenvalue weighted by Crippen LogP contribution is 2.17. The fourth-order valence-electron chi connectivity index (χ4n) is 4.09. The number of nitrogens with one attached hydrogen (secondary N) is 2. The number of likely N-dealkylation sites (N-methyl/N-ethyl adjacent to an activating group) is 1. The molecular weight excluding hydrogens is 371 g/mol. The number of carbonyl (C=O) groups excluding carboxylic acids is 1. The van der Waals surface area contributed by atoms with Crippen molar-refractivity contribution >= 4 is 16.9 Å². The zero-order chi connectivity index (χ0) is 20.4. The molecule has 2 aromatic carbocycles. The van der Waals surface area contributed by atoms with Gasteiger partial charge < -0.3 is 10.3 Å². The van der Waals surface area contributed by atoms with Gasteiger partial charge in [0.1, 0.15) is 5.82 Å². The van der Waals surface area contributed by atoms with Gasteiger partial charge in [0, 0.05) is 18.2 Å². The number of carbonyl (C=O) groups is 1. The summed E-state index contributed by atoms with van der Waals surface area (Å²) in [7, 11) is 0. The van der Waals surface area contributed by atoms with Gasteiger partial charge >= 0.3 is 5.69 Å². The van der Waals surface area contributed by atoms with E-state index in [2.05, 4.69) is 22.1 Å². The lowest BCUT2D eigenvalue weighted by Crippen LogP contribution is -2.40. The van der Waals surface area contributed by atoms with Crippen molar-refractivity contribution in [1.29, 1.82) is 0 Å². The number of halogens is 1. The number of fused-ring (bicyclic) bond motifs is 1. The van der Waals surface area contributed by atoms with E-state index in [1.165, 1.54) is 18.6 Å². The van der Waals surface area contributed by atoms with E-state index in [9.17, 15) is 14.0 Å². The van der Waals surface area contributed by atoms with E-state index in [0.29, 0.717) is 35.7 Å². The molecule has 1 aliphatic rings. The first-order valence-corrected chi connectivity index (χ1v) is 10.0. The lowest BCUT2D eigenvalue weighted by molar-refractivity contribution is 0.0941. The van der Waals surface area contributed by atoms with Crippen LogP contribution in [0.2, 0.25) is 0 Å². The first kappa shape index (κ1) is 19.4. The summed E-state index contributed by atoms with van der Waals surface area (Å²) in [5, 5.41) is 3.02. The Kier molecular flexibility index (Phi) is 5.49. The third kappa shape index (κ3) is 4.10. The van der Waals surface area contributed by atoms with Crippen molar-refractivity contribution < 1.29 is 9.18 Å². The summed E-state index contributed by atoms with van der Waals surface area (Å²) in [6.07, 6.45) is 2.27. The maximum atomic E-state index is 13.1. The Bertz CT molecular complexity index is 1070. The van der Waals surface area contributed by atoms with Crippen molar-refractivity contribution in [2.24, 2.45) is 0 Å². The SMILES string of the molecule is CCN1CCCC1CNC(=O)c1ccc2c(c1)[nH]c(=O)n2Cc1ccc(F)cc1. The number of benzene rings is 2. The minimum absolute atomic E-state index is 0.137. The number of imidazole rings is 1. The fourth-order valence-corrected chi connectivity index (χ4v) is 4.09. The Morgan fingerprint density at radius 1 is 1.24 bits per heavy atom. The highest BCUT2D eigenvalue weighted by molar-refractivity contribution is 5.97. The molecule has 1 saturated heterocycles. The molecule has 0 saturated carbocycles. The average Bonchev–Trinajstić information content (AvgIpc) is 3.31. The summed E-state index contributed by atoms with van der Waals surface area (Å²) in [5.41, 5.74) is 2.41. The zero-order valence-corrected chi connectivity index (χ0v) is 16.5. The zero-order valence-electron chi connectivity index (χ0n) is 16.5. The standard InChI is InChI=1S/C22H25FN4O2/c1-2-26-11-3-4-18(26)13-24-21(28)16-7-10-20-19(12-16)25-22(29)27(20)14-15-5-8-17(23)9-6-15/h5-10,12,18H,2-4,11,13-14H2,1H3,(H,24,28)(H,25,29). The summed E-state index contributed by atoms with van der Waals surface area (Å²) in [6.45, 7) is 5.19. The Morgan fingerprint density at radius 3 is 2.79 bits per heavy atom. The second-order valence-corrected chi connectivity index (χ2v) is 7.51. The molecule has 0 aliphatic carbocycles. The minimum atomic E-state index is -0.310. The normalized spacial score (nSPS) is 17.1. The second-order valence-electron chi connectivity index (χ2n) is 7.51. The maximum absolute atomic E-state index is 13.1. The van der Waals surface area contributed by atoms with Crippen LogP contribution in [0.15, 0.2) is 47.3 Å². The molecule has 1 atom stereocenters. The summed E-state index contributed by atoms with van der Waals surface area (Å²) in [6, 6.07) is 11.7. The van der Waals surface area contributed by atoms with Gasteiger partial charge in [0.15, 0.2) is 0 Å². The molecule has 0 spiro atoms. The van der Waals surface area contributed by atoms with Crippen LogP contribution in [0.5, 0.6) is 0 Å². The molecule has 152 valence electrons. The van der Waals surface area contributed by atoms with Crippen molar-refractivity contribution in [3.8, 4) is 0 Å². The van der Waals surface area contributed by atoms with E-state index in [0.717, 1.165) is 25.1 Å². The molecule has 1 unspecified atom stereocenters. The fraction of sp³-hybridized carbons (Fsp3) is 0.364. The maximum Gasteiger partial charge on any atom is 0.326 e. The summed E-state index contributed by atoms with van der Waals surface area (Å²) in [4.78, 5) is 30.2. The van der Waals surface area contributed by atoms with Crippen LogP contribution in [0.25, 0.3) is 11.0 Å². The van der Waals surface area contributed by atoms with Crippen molar-refractivity contribution in [2.45, 2.75) is 32.4 Å². The molecule has 2 N–H and O–H groups in total. The van der Waals surface area contributed by atoms with E-state index in [1.807, 2.05) is 0 Å². The number of nitrogens with zero attached hydrogens (tertiary/aromatic N) is 2. The molecule has 1 aliphatic heterocycles. The van der Waals surface area contributed by atoms with Gasteiger partial charge in [-0.15, -0.1) is 0 Å². The monoisotopic (exact) mass is 396 g/mol. The van der Waals surface area contributed by atoms with Gasteiger partial charge in [-0.2, -0.15) is 0 Å². The molecule has 1 aromatic heterocycles. The molecule has 0 radical (unpaired) electrons. The topological polar surface area (TPSA) is 70.1 Å². The number of hydrogen-bond acceptors (Lipinski definition) is 3. The van der Waals surface area contributed by atoms with E-state index in [-0.39, 0.29) is 17.4 Å². The van der Waals surface area contributed by atoms with E-state index in [4.69, 9.17) is 0 Å².